The van der Waals surface area contributed by atoms with E-state index in [2.05, 4.69) is 25.2 Å². The van der Waals surface area contributed by atoms with Gasteiger partial charge in [-0.2, -0.15) is 0 Å². The summed E-state index contributed by atoms with van der Waals surface area (Å²) in [5.41, 5.74) is 1.40. The summed E-state index contributed by atoms with van der Waals surface area (Å²) >= 11 is 0. The maximum Gasteiger partial charge on any atom is 0.150 e. The van der Waals surface area contributed by atoms with E-state index in [1.807, 2.05) is 33.9 Å². The summed E-state index contributed by atoms with van der Waals surface area (Å²) in [6.45, 7) is 9.12. The van der Waals surface area contributed by atoms with Crippen molar-refractivity contribution in [3.05, 3.63) is 29.5 Å². The molecule has 1 fully saturated rings. The van der Waals surface area contributed by atoms with Gasteiger partial charge >= 0.3 is 0 Å². The number of anilines is 1. The first-order chi connectivity index (χ1) is 10.4. The maximum atomic E-state index is 10.9. The quantitative estimate of drug-likeness (QED) is 0.922. The van der Waals surface area contributed by atoms with Gasteiger partial charge in [0, 0.05) is 25.2 Å². The molecule has 2 aromatic heterocycles. The van der Waals surface area contributed by atoms with Crippen LogP contribution in [-0.4, -0.2) is 43.2 Å². The topological polar surface area (TPSA) is 80.0 Å². The van der Waals surface area contributed by atoms with Gasteiger partial charge < -0.3 is 10.0 Å². The maximum absolute atomic E-state index is 10.9. The number of rotatable bonds is 3. The van der Waals surface area contributed by atoms with Gasteiger partial charge in [-0.1, -0.05) is 5.21 Å². The molecule has 0 saturated carbocycles. The normalized spacial score (nSPS) is 21.8. The Kier molecular flexibility index (Phi) is 3.60. The summed E-state index contributed by atoms with van der Waals surface area (Å²) in [5, 5.41) is 19.2. The van der Waals surface area contributed by atoms with Crippen LogP contribution in [0.25, 0.3) is 0 Å². The molecule has 1 N–H and O–H groups in total. The average molecular weight is 302 g/mol. The number of nitrogens with zero attached hydrogens (tertiary/aromatic N) is 6. The molecule has 0 amide bonds. The highest BCUT2D eigenvalue weighted by molar-refractivity contribution is 5.45. The molecule has 2 aromatic rings. The zero-order valence-electron chi connectivity index (χ0n) is 13.5. The molecule has 7 nitrogen and oxygen atoms in total. The average Bonchev–Trinajstić information content (AvgIpc) is 3.09. The van der Waals surface area contributed by atoms with Crippen LogP contribution in [0.2, 0.25) is 0 Å². The van der Waals surface area contributed by atoms with Crippen molar-refractivity contribution in [2.75, 3.05) is 18.0 Å². The summed E-state index contributed by atoms with van der Waals surface area (Å²) in [5.74, 6) is 0.840. The van der Waals surface area contributed by atoms with Crippen LogP contribution in [0.5, 0.6) is 0 Å². The Balaban J connectivity index is 1.85. The Bertz CT molecular complexity index is 682. The van der Waals surface area contributed by atoms with E-state index in [-0.39, 0.29) is 6.04 Å². The van der Waals surface area contributed by atoms with Crippen molar-refractivity contribution in [1.82, 2.24) is 25.0 Å². The Morgan fingerprint density at radius 3 is 2.77 bits per heavy atom. The minimum absolute atomic E-state index is 0.229. The standard InChI is InChI=1S/C15H22N6O/c1-10(2)21-8-13(18-19-21)15(22)5-6-20(9-15)14-12(4)16-7-11(3)17-14/h7-8,10,22H,5-6,9H2,1-4H3/t15-/m1/s1. The van der Waals surface area contributed by atoms with Crippen LogP contribution in [0.3, 0.4) is 0 Å². The third-order valence-electron chi connectivity index (χ3n) is 4.11. The van der Waals surface area contributed by atoms with Gasteiger partial charge in [-0.3, -0.25) is 4.98 Å². The molecule has 1 aliphatic rings. The zero-order chi connectivity index (χ0) is 15.9. The number of hydrogen-bond acceptors (Lipinski definition) is 6. The Morgan fingerprint density at radius 1 is 1.32 bits per heavy atom. The molecule has 118 valence electrons. The second-order valence-electron chi connectivity index (χ2n) is 6.30. The van der Waals surface area contributed by atoms with E-state index in [9.17, 15) is 5.11 Å². The van der Waals surface area contributed by atoms with Crippen LogP contribution in [-0.2, 0) is 5.60 Å². The molecule has 0 aromatic carbocycles. The Morgan fingerprint density at radius 2 is 2.09 bits per heavy atom. The fourth-order valence-electron chi connectivity index (χ4n) is 2.75. The van der Waals surface area contributed by atoms with E-state index in [4.69, 9.17) is 0 Å². The molecule has 3 heterocycles. The van der Waals surface area contributed by atoms with Crippen LogP contribution < -0.4 is 4.90 Å². The molecule has 0 radical (unpaired) electrons. The first-order valence-corrected chi connectivity index (χ1v) is 7.59. The third-order valence-corrected chi connectivity index (χ3v) is 4.11. The number of aryl methyl sites for hydroxylation is 2. The molecule has 3 rings (SSSR count). The fraction of sp³-hybridized carbons (Fsp3) is 0.600. The lowest BCUT2D eigenvalue weighted by Gasteiger charge is -2.22. The molecular weight excluding hydrogens is 280 g/mol. The second kappa shape index (κ2) is 5.31. The second-order valence-corrected chi connectivity index (χ2v) is 6.30. The smallest absolute Gasteiger partial charge is 0.150 e. The molecule has 0 bridgehead atoms. The molecule has 1 saturated heterocycles. The molecule has 0 aliphatic carbocycles. The molecule has 7 heteroatoms. The molecule has 22 heavy (non-hydrogen) atoms. The van der Waals surface area contributed by atoms with Gasteiger partial charge in [0.05, 0.1) is 24.1 Å². The lowest BCUT2D eigenvalue weighted by molar-refractivity contribution is 0.0558. The highest BCUT2D eigenvalue weighted by atomic mass is 16.3. The monoisotopic (exact) mass is 302 g/mol. The van der Waals surface area contributed by atoms with Gasteiger partial charge in [0.2, 0.25) is 0 Å². The minimum Gasteiger partial charge on any atom is -0.381 e. The van der Waals surface area contributed by atoms with Crippen molar-refractivity contribution >= 4 is 5.82 Å². The molecule has 1 atom stereocenters. The van der Waals surface area contributed by atoms with E-state index in [1.165, 1.54) is 0 Å². The number of aliphatic hydroxyl groups is 1. The summed E-state index contributed by atoms with van der Waals surface area (Å²) in [4.78, 5) is 11.0. The molecule has 0 spiro atoms. The SMILES string of the molecule is Cc1cnc(C)c(N2CC[C@](O)(c3cn(C(C)C)nn3)C2)n1. The van der Waals surface area contributed by atoms with E-state index >= 15 is 0 Å². The molecule has 0 unspecified atom stereocenters. The van der Waals surface area contributed by atoms with Crippen molar-refractivity contribution in [2.45, 2.75) is 45.8 Å². The van der Waals surface area contributed by atoms with Crippen LogP contribution in [0.4, 0.5) is 5.82 Å². The van der Waals surface area contributed by atoms with Crippen molar-refractivity contribution in [2.24, 2.45) is 0 Å². The Labute approximate surface area is 130 Å². The zero-order valence-corrected chi connectivity index (χ0v) is 13.5. The first-order valence-electron chi connectivity index (χ1n) is 7.59. The van der Waals surface area contributed by atoms with Crippen LogP contribution in [0.15, 0.2) is 12.4 Å². The number of aromatic nitrogens is 5. The van der Waals surface area contributed by atoms with Gasteiger partial charge in [-0.15, -0.1) is 5.10 Å². The predicted octanol–water partition coefficient (Wildman–Crippen LogP) is 1.36. The highest BCUT2D eigenvalue weighted by Gasteiger charge is 2.41. The lowest BCUT2D eigenvalue weighted by atomic mass is 10.00. The minimum atomic E-state index is -0.981. The van der Waals surface area contributed by atoms with Crippen molar-refractivity contribution in [1.29, 1.82) is 0 Å². The number of β-amino-alcohol motifs (C(OH)–C–C–N with tert-alkyl or cyclic N) is 1. The van der Waals surface area contributed by atoms with Gasteiger partial charge in [0.15, 0.2) is 0 Å². The lowest BCUT2D eigenvalue weighted by Crippen LogP contribution is -2.32. The Hall–Kier alpha value is -2.02. The third kappa shape index (κ3) is 2.56. The van der Waals surface area contributed by atoms with E-state index in [1.54, 1.807) is 10.9 Å². The predicted molar refractivity (Wildman–Crippen MR) is 82.6 cm³/mol. The van der Waals surface area contributed by atoms with Crippen molar-refractivity contribution in [3.63, 3.8) is 0 Å². The summed E-state index contributed by atoms with van der Waals surface area (Å²) in [6.07, 6.45) is 4.21. The summed E-state index contributed by atoms with van der Waals surface area (Å²) in [7, 11) is 0. The van der Waals surface area contributed by atoms with Gasteiger partial charge in [0.1, 0.15) is 17.1 Å². The van der Waals surface area contributed by atoms with E-state index in [0.29, 0.717) is 18.7 Å². The van der Waals surface area contributed by atoms with Gasteiger partial charge in [-0.25, -0.2) is 9.67 Å². The highest BCUT2D eigenvalue weighted by Crippen LogP contribution is 2.33. The summed E-state index contributed by atoms with van der Waals surface area (Å²) < 4.78 is 1.77. The van der Waals surface area contributed by atoms with Crippen molar-refractivity contribution < 1.29 is 5.11 Å². The van der Waals surface area contributed by atoms with E-state index in [0.717, 1.165) is 23.8 Å². The largest absolute Gasteiger partial charge is 0.381 e. The first kappa shape index (κ1) is 14.9. The van der Waals surface area contributed by atoms with Crippen molar-refractivity contribution in [3.8, 4) is 0 Å². The van der Waals surface area contributed by atoms with Crippen LogP contribution in [0, 0.1) is 13.8 Å². The van der Waals surface area contributed by atoms with E-state index < -0.39 is 5.60 Å². The fourth-order valence-corrected chi connectivity index (χ4v) is 2.75. The van der Waals surface area contributed by atoms with Crippen LogP contribution in [0.1, 0.15) is 43.4 Å². The number of hydrogen-bond donors (Lipinski definition) is 1. The van der Waals surface area contributed by atoms with Crippen LogP contribution >= 0.6 is 0 Å². The molecular formula is C15H22N6O. The summed E-state index contributed by atoms with van der Waals surface area (Å²) in [6, 6.07) is 0.229. The van der Waals surface area contributed by atoms with Gasteiger partial charge in [0.25, 0.3) is 0 Å². The molecule has 1 aliphatic heterocycles. The van der Waals surface area contributed by atoms with Gasteiger partial charge in [-0.05, 0) is 27.7 Å².